The highest BCUT2D eigenvalue weighted by Gasteiger charge is 2.31. The standard InChI is InChI=1S/C17H18BN5O3/c19-7-10-2-1-3-15(10)23-8-13(16(20)24)17(22-23)21-12-5-4-11-9-26-18(25)14(11)6-12/h4-6,8,10,15,25H,1-3,9H2,(H2,20,24)(H,21,22)/t10-,15+/m1/s1. The van der Waals surface area contributed by atoms with Crippen molar-refractivity contribution >= 4 is 30.0 Å². The lowest BCUT2D eigenvalue weighted by Crippen LogP contribution is -2.28. The highest BCUT2D eigenvalue weighted by molar-refractivity contribution is 6.61. The van der Waals surface area contributed by atoms with Gasteiger partial charge in [-0.25, -0.2) is 0 Å². The predicted octanol–water partition coefficient (Wildman–Crippen LogP) is 0.808. The van der Waals surface area contributed by atoms with Crippen LogP contribution in [0.1, 0.15) is 41.2 Å². The van der Waals surface area contributed by atoms with E-state index in [1.807, 2.05) is 12.1 Å². The van der Waals surface area contributed by atoms with Crippen LogP contribution in [0.4, 0.5) is 11.5 Å². The Labute approximate surface area is 150 Å². The van der Waals surface area contributed by atoms with Crippen LogP contribution in [-0.2, 0) is 11.3 Å². The van der Waals surface area contributed by atoms with E-state index in [-0.39, 0.29) is 17.5 Å². The van der Waals surface area contributed by atoms with Gasteiger partial charge in [0.15, 0.2) is 5.82 Å². The van der Waals surface area contributed by atoms with Crippen LogP contribution in [0.2, 0.25) is 0 Å². The Kier molecular flexibility index (Phi) is 4.14. The summed E-state index contributed by atoms with van der Waals surface area (Å²) in [5.74, 6) is -0.361. The number of anilines is 2. The number of carbonyl (C=O) groups excluding carboxylic acids is 1. The molecule has 0 radical (unpaired) electrons. The summed E-state index contributed by atoms with van der Waals surface area (Å²) >= 11 is 0. The molecule has 8 nitrogen and oxygen atoms in total. The molecule has 9 heteroatoms. The molecule has 0 bridgehead atoms. The van der Waals surface area contributed by atoms with Crippen LogP contribution in [-0.4, -0.2) is 27.8 Å². The van der Waals surface area contributed by atoms with E-state index in [0.29, 0.717) is 23.6 Å². The number of amides is 1. The number of fused-ring (bicyclic) bond motifs is 1. The fraction of sp³-hybridized carbons (Fsp3) is 0.353. The molecule has 4 rings (SSSR count). The zero-order valence-electron chi connectivity index (χ0n) is 14.1. The van der Waals surface area contributed by atoms with Gasteiger partial charge < -0.3 is 20.7 Å². The molecule has 1 aliphatic heterocycles. The molecule has 1 fully saturated rings. The van der Waals surface area contributed by atoms with E-state index in [2.05, 4.69) is 16.5 Å². The number of nitrogens with two attached hydrogens (primary N) is 1. The van der Waals surface area contributed by atoms with Crippen molar-refractivity contribution in [3.63, 3.8) is 0 Å². The topological polar surface area (TPSA) is 126 Å². The number of nitrogens with one attached hydrogen (secondary N) is 1. The van der Waals surface area contributed by atoms with Gasteiger partial charge in [0.05, 0.1) is 24.6 Å². The number of nitriles is 1. The first kappa shape index (κ1) is 16.6. The van der Waals surface area contributed by atoms with Crippen molar-refractivity contribution in [1.82, 2.24) is 9.78 Å². The molecule has 132 valence electrons. The second-order valence-corrected chi connectivity index (χ2v) is 6.67. The minimum atomic E-state index is -0.949. The van der Waals surface area contributed by atoms with Gasteiger partial charge in [-0.2, -0.15) is 10.4 Å². The minimum Gasteiger partial charge on any atom is -0.423 e. The smallest absolute Gasteiger partial charge is 0.423 e. The molecule has 26 heavy (non-hydrogen) atoms. The summed E-state index contributed by atoms with van der Waals surface area (Å²) in [5.41, 5.74) is 8.06. The predicted molar refractivity (Wildman–Crippen MR) is 94.9 cm³/mol. The maximum atomic E-state index is 11.8. The summed E-state index contributed by atoms with van der Waals surface area (Å²) < 4.78 is 6.86. The maximum absolute atomic E-state index is 11.8. The Balaban J connectivity index is 1.65. The Bertz CT molecular complexity index is 906. The molecule has 4 N–H and O–H groups in total. The first-order valence-electron chi connectivity index (χ1n) is 8.55. The molecule has 2 aromatic rings. The minimum absolute atomic E-state index is 0.0520. The Morgan fingerprint density at radius 2 is 2.35 bits per heavy atom. The molecule has 0 unspecified atom stereocenters. The van der Waals surface area contributed by atoms with Crippen molar-refractivity contribution in [1.29, 1.82) is 5.26 Å². The molecule has 2 heterocycles. The van der Waals surface area contributed by atoms with Gasteiger partial charge in [0, 0.05) is 11.9 Å². The number of aromatic nitrogens is 2. The van der Waals surface area contributed by atoms with Crippen LogP contribution in [0.3, 0.4) is 0 Å². The van der Waals surface area contributed by atoms with Crippen molar-refractivity contribution in [2.75, 3.05) is 5.32 Å². The molecule has 2 atom stereocenters. The Morgan fingerprint density at radius 1 is 1.50 bits per heavy atom. The molecule has 0 spiro atoms. The molecule has 0 saturated heterocycles. The van der Waals surface area contributed by atoms with Crippen LogP contribution >= 0.6 is 0 Å². The lowest BCUT2D eigenvalue weighted by atomic mass is 9.79. The average Bonchev–Trinajstić information content (AvgIpc) is 3.33. The van der Waals surface area contributed by atoms with Crippen LogP contribution < -0.4 is 16.5 Å². The van der Waals surface area contributed by atoms with Crippen molar-refractivity contribution in [2.24, 2.45) is 11.7 Å². The van der Waals surface area contributed by atoms with Gasteiger partial charge in [0.25, 0.3) is 5.91 Å². The molecular formula is C17H18BN5O3. The van der Waals surface area contributed by atoms with Crippen molar-refractivity contribution < 1.29 is 14.5 Å². The molecule has 1 saturated carbocycles. The average molecular weight is 351 g/mol. The summed E-state index contributed by atoms with van der Waals surface area (Å²) in [6, 6.07) is 7.72. The van der Waals surface area contributed by atoms with E-state index >= 15 is 0 Å². The van der Waals surface area contributed by atoms with Crippen LogP contribution in [0.5, 0.6) is 0 Å². The number of rotatable bonds is 4. The Morgan fingerprint density at radius 3 is 3.12 bits per heavy atom. The van der Waals surface area contributed by atoms with Gasteiger partial charge in [0.1, 0.15) is 5.56 Å². The van der Waals surface area contributed by atoms with E-state index in [1.54, 1.807) is 16.9 Å². The summed E-state index contributed by atoms with van der Waals surface area (Å²) in [6.45, 7) is 0.370. The first-order chi connectivity index (χ1) is 12.6. The molecule has 1 aromatic carbocycles. The van der Waals surface area contributed by atoms with Crippen molar-refractivity contribution in [3.05, 3.63) is 35.5 Å². The molecule has 2 aliphatic rings. The fourth-order valence-electron chi connectivity index (χ4n) is 3.67. The lowest BCUT2D eigenvalue weighted by Gasteiger charge is -2.13. The first-order valence-corrected chi connectivity index (χ1v) is 8.55. The van der Waals surface area contributed by atoms with Crippen molar-refractivity contribution in [3.8, 4) is 6.07 Å². The Hall–Kier alpha value is -2.83. The second kappa shape index (κ2) is 6.48. The summed E-state index contributed by atoms with van der Waals surface area (Å²) in [6.07, 6.45) is 4.24. The number of carbonyl (C=O) groups is 1. The van der Waals surface area contributed by atoms with Gasteiger partial charge >= 0.3 is 7.12 Å². The quantitative estimate of drug-likeness (QED) is 0.700. The fourth-order valence-corrected chi connectivity index (χ4v) is 3.67. The highest BCUT2D eigenvalue weighted by Crippen LogP contribution is 2.36. The highest BCUT2D eigenvalue weighted by atomic mass is 16.5. The second-order valence-electron chi connectivity index (χ2n) is 6.67. The van der Waals surface area contributed by atoms with E-state index in [4.69, 9.17) is 10.4 Å². The third kappa shape index (κ3) is 2.83. The van der Waals surface area contributed by atoms with Gasteiger partial charge in [-0.05, 0) is 42.4 Å². The lowest BCUT2D eigenvalue weighted by molar-refractivity contribution is 0.100. The van der Waals surface area contributed by atoms with E-state index in [0.717, 1.165) is 24.8 Å². The largest absolute Gasteiger partial charge is 0.491 e. The van der Waals surface area contributed by atoms with Gasteiger partial charge in [-0.1, -0.05) is 6.07 Å². The number of nitrogens with zero attached hydrogens (tertiary/aromatic N) is 3. The van der Waals surface area contributed by atoms with E-state index in [9.17, 15) is 15.1 Å². The zero-order chi connectivity index (χ0) is 18.3. The number of benzene rings is 1. The van der Waals surface area contributed by atoms with Crippen LogP contribution in [0.15, 0.2) is 24.4 Å². The molecule has 1 amide bonds. The van der Waals surface area contributed by atoms with E-state index in [1.165, 1.54) is 0 Å². The molecule has 1 aromatic heterocycles. The van der Waals surface area contributed by atoms with Gasteiger partial charge in [0.2, 0.25) is 0 Å². The third-order valence-corrected chi connectivity index (χ3v) is 5.05. The van der Waals surface area contributed by atoms with Crippen molar-refractivity contribution in [2.45, 2.75) is 31.9 Å². The van der Waals surface area contributed by atoms with Crippen LogP contribution in [0, 0.1) is 17.2 Å². The maximum Gasteiger partial charge on any atom is 0.491 e. The molecule has 1 aliphatic carbocycles. The normalized spacial score (nSPS) is 21.5. The van der Waals surface area contributed by atoms with E-state index < -0.39 is 13.0 Å². The third-order valence-electron chi connectivity index (χ3n) is 5.05. The summed E-state index contributed by atoms with van der Waals surface area (Å²) in [4.78, 5) is 11.8. The van der Waals surface area contributed by atoms with Gasteiger partial charge in [-0.15, -0.1) is 0 Å². The zero-order valence-corrected chi connectivity index (χ0v) is 14.1. The number of hydrogen-bond donors (Lipinski definition) is 3. The van der Waals surface area contributed by atoms with Crippen LogP contribution in [0.25, 0.3) is 0 Å². The SMILES string of the molecule is N#C[C@H]1CCC[C@@H]1n1cc(C(N)=O)c(Nc2ccc3c(c2)B(O)OC3)n1. The monoisotopic (exact) mass is 351 g/mol. The summed E-state index contributed by atoms with van der Waals surface area (Å²) in [5, 5.41) is 26.7. The number of primary amides is 1. The molecular weight excluding hydrogens is 333 g/mol. The number of hydrogen-bond acceptors (Lipinski definition) is 6. The van der Waals surface area contributed by atoms with Gasteiger partial charge in [-0.3, -0.25) is 9.48 Å². The summed E-state index contributed by atoms with van der Waals surface area (Å²) in [7, 11) is -0.949.